The number of benzene rings is 2. The molecule has 4 nitrogen and oxygen atoms in total. The van der Waals surface area contributed by atoms with E-state index in [1.807, 2.05) is 43.3 Å². The summed E-state index contributed by atoms with van der Waals surface area (Å²) in [6.07, 6.45) is 0.625. The maximum Gasteiger partial charge on any atom is 0.353 e. The Hall–Kier alpha value is -2.88. The Morgan fingerprint density at radius 3 is 2.50 bits per heavy atom. The highest BCUT2D eigenvalue weighted by atomic mass is 16.4. The maximum atomic E-state index is 11.7. The fraction of sp³-hybridized carbons (Fsp3) is 0.111. The fourth-order valence-corrected chi connectivity index (χ4v) is 2.80. The summed E-state index contributed by atoms with van der Waals surface area (Å²) in [5.74, 6) is -1.09. The smallest absolute Gasteiger partial charge is 0.353 e. The van der Waals surface area contributed by atoms with E-state index < -0.39 is 5.97 Å². The Kier molecular flexibility index (Phi) is 3.51. The predicted molar refractivity (Wildman–Crippen MR) is 84.6 cm³/mol. The normalized spacial score (nSPS) is 10.8. The molecule has 110 valence electrons. The van der Waals surface area contributed by atoms with E-state index in [1.54, 1.807) is 16.7 Å². The Balaban J connectivity index is 2.28. The zero-order chi connectivity index (χ0) is 15.7. The Bertz CT molecular complexity index is 877. The number of aromatic nitrogens is 1. The molecule has 3 rings (SSSR count). The molecule has 2 aromatic carbocycles. The van der Waals surface area contributed by atoms with Gasteiger partial charge in [-0.15, -0.1) is 0 Å². The molecule has 0 aliphatic carbocycles. The molecule has 0 radical (unpaired) electrons. The number of aromatic carboxylic acids is 1. The minimum atomic E-state index is -1.09. The quantitative estimate of drug-likeness (QED) is 0.749. The van der Waals surface area contributed by atoms with E-state index in [-0.39, 0.29) is 11.3 Å². The molecule has 0 bridgehead atoms. The van der Waals surface area contributed by atoms with Crippen molar-refractivity contribution in [1.29, 1.82) is 0 Å². The molecular weight excluding hydrogens is 278 g/mol. The van der Waals surface area contributed by atoms with Crippen LogP contribution in [0.15, 0.2) is 48.5 Å². The van der Waals surface area contributed by atoms with Crippen molar-refractivity contribution in [3.8, 4) is 0 Å². The van der Waals surface area contributed by atoms with Gasteiger partial charge in [0.25, 0.3) is 0 Å². The minimum absolute atomic E-state index is 0.0412. The fourth-order valence-electron chi connectivity index (χ4n) is 2.80. The largest absolute Gasteiger partial charge is 0.477 e. The van der Waals surface area contributed by atoms with E-state index in [0.29, 0.717) is 18.2 Å². The van der Waals surface area contributed by atoms with Gasteiger partial charge in [0.15, 0.2) is 6.29 Å². The lowest BCUT2D eigenvalue weighted by Crippen LogP contribution is -2.12. The van der Waals surface area contributed by atoms with Crippen LogP contribution < -0.4 is 0 Å². The molecule has 3 aromatic rings. The van der Waals surface area contributed by atoms with Gasteiger partial charge in [-0.3, -0.25) is 4.79 Å². The topological polar surface area (TPSA) is 59.3 Å². The minimum Gasteiger partial charge on any atom is -0.477 e. The monoisotopic (exact) mass is 293 g/mol. The highest BCUT2D eigenvalue weighted by Crippen LogP contribution is 2.26. The molecule has 0 aliphatic heterocycles. The molecule has 1 N–H and O–H groups in total. The van der Waals surface area contributed by atoms with Crippen LogP contribution in [0.2, 0.25) is 0 Å². The first kappa shape index (κ1) is 14.1. The molecule has 4 heteroatoms. The predicted octanol–water partition coefficient (Wildman–Crippen LogP) is 3.51. The Labute approximate surface area is 127 Å². The molecule has 0 spiro atoms. The van der Waals surface area contributed by atoms with E-state index in [9.17, 15) is 14.7 Å². The Morgan fingerprint density at radius 2 is 1.82 bits per heavy atom. The lowest BCUT2D eigenvalue weighted by Gasteiger charge is -2.11. The van der Waals surface area contributed by atoms with Crippen LogP contribution in [-0.2, 0) is 6.54 Å². The number of hydrogen-bond donors (Lipinski definition) is 1. The summed E-state index contributed by atoms with van der Waals surface area (Å²) in [5, 5.41) is 10.2. The third-order valence-electron chi connectivity index (χ3n) is 3.92. The van der Waals surface area contributed by atoms with Crippen molar-refractivity contribution in [2.24, 2.45) is 0 Å². The van der Waals surface area contributed by atoms with Gasteiger partial charge in [-0.25, -0.2) is 4.79 Å². The van der Waals surface area contributed by atoms with Crippen LogP contribution in [0.1, 0.15) is 32.0 Å². The number of rotatable bonds is 4. The van der Waals surface area contributed by atoms with Crippen molar-refractivity contribution in [2.75, 3.05) is 0 Å². The van der Waals surface area contributed by atoms with Crippen molar-refractivity contribution >= 4 is 23.2 Å². The summed E-state index contributed by atoms with van der Waals surface area (Å²) in [7, 11) is 0. The van der Waals surface area contributed by atoms with Crippen LogP contribution in [-0.4, -0.2) is 21.9 Å². The summed E-state index contributed by atoms with van der Waals surface area (Å²) in [6, 6.07) is 15.1. The number of para-hydroxylation sites is 1. The number of carbonyl (C=O) groups is 2. The van der Waals surface area contributed by atoms with Crippen molar-refractivity contribution in [1.82, 2.24) is 4.57 Å². The van der Waals surface area contributed by atoms with Gasteiger partial charge < -0.3 is 9.67 Å². The summed E-state index contributed by atoms with van der Waals surface area (Å²) in [6.45, 7) is 2.41. The first-order valence-corrected chi connectivity index (χ1v) is 6.97. The third kappa shape index (κ3) is 2.19. The molecule has 1 aromatic heterocycles. The summed E-state index contributed by atoms with van der Waals surface area (Å²) < 4.78 is 1.70. The summed E-state index contributed by atoms with van der Waals surface area (Å²) in [4.78, 5) is 23.1. The Morgan fingerprint density at radius 1 is 1.14 bits per heavy atom. The van der Waals surface area contributed by atoms with E-state index in [0.717, 1.165) is 16.6 Å². The van der Waals surface area contributed by atoms with Gasteiger partial charge in [-0.05, 0) is 24.1 Å². The van der Waals surface area contributed by atoms with Crippen molar-refractivity contribution in [2.45, 2.75) is 13.5 Å². The number of fused-ring (bicyclic) bond motifs is 1. The van der Waals surface area contributed by atoms with Gasteiger partial charge >= 0.3 is 5.97 Å². The number of carbonyl (C=O) groups excluding carboxylic acids is 1. The molecule has 0 aliphatic rings. The van der Waals surface area contributed by atoms with Gasteiger partial charge in [-0.1, -0.05) is 42.5 Å². The molecular formula is C18H15NO3. The number of aryl methyl sites for hydroxylation is 1. The molecule has 0 unspecified atom stereocenters. The third-order valence-corrected chi connectivity index (χ3v) is 3.92. The SMILES string of the molecule is Cc1ccccc1Cn1c(C(=O)O)c(C=O)c2ccccc21. The van der Waals surface area contributed by atoms with Gasteiger partial charge in [0.2, 0.25) is 0 Å². The van der Waals surface area contributed by atoms with Crippen LogP contribution in [0.5, 0.6) is 0 Å². The van der Waals surface area contributed by atoms with Gasteiger partial charge in [-0.2, -0.15) is 0 Å². The van der Waals surface area contributed by atoms with E-state index in [2.05, 4.69) is 0 Å². The number of nitrogens with zero attached hydrogens (tertiary/aromatic N) is 1. The van der Waals surface area contributed by atoms with Crippen LogP contribution in [0.3, 0.4) is 0 Å². The highest BCUT2D eigenvalue weighted by Gasteiger charge is 2.22. The molecule has 0 fully saturated rings. The number of aldehydes is 1. The van der Waals surface area contributed by atoms with Crippen LogP contribution in [0.4, 0.5) is 0 Å². The second-order valence-electron chi connectivity index (χ2n) is 5.22. The van der Waals surface area contributed by atoms with Gasteiger partial charge in [0.1, 0.15) is 5.69 Å². The molecule has 22 heavy (non-hydrogen) atoms. The molecule has 0 amide bonds. The standard InChI is InChI=1S/C18H15NO3/c1-12-6-2-3-7-13(12)10-19-16-9-5-4-8-14(16)15(11-20)17(19)18(21)22/h2-9,11H,10H2,1H3,(H,21,22). The summed E-state index contributed by atoms with van der Waals surface area (Å²) >= 11 is 0. The first-order chi connectivity index (χ1) is 10.6. The zero-order valence-corrected chi connectivity index (χ0v) is 12.1. The second kappa shape index (κ2) is 5.48. The highest BCUT2D eigenvalue weighted by molar-refractivity contribution is 6.08. The molecule has 1 heterocycles. The average molecular weight is 293 g/mol. The van der Waals surface area contributed by atoms with Gasteiger partial charge in [0.05, 0.1) is 5.56 Å². The van der Waals surface area contributed by atoms with Crippen molar-refractivity contribution in [3.05, 3.63) is 70.9 Å². The van der Waals surface area contributed by atoms with E-state index in [1.165, 1.54) is 0 Å². The van der Waals surface area contributed by atoms with Crippen LogP contribution in [0.25, 0.3) is 10.9 Å². The number of hydrogen-bond acceptors (Lipinski definition) is 2. The zero-order valence-electron chi connectivity index (χ0n) is 12.1. The van der Waals surface area contributed by atoms with E-state index >= 15 is 0 Å². The maximum absolute atomic E-state index is 11.7. The summed E-state index contributed by atoms with van der Waals surface area (Å²) in [5.41, 5.74) is 3.15. The van der Waals surface area contributed by atoms with Crippen molar-refractivity contribution < 1.29 is 14.7 Å². The van der Waals surface area contributed by atoms with Crippen LogP contribution in [0, 0.1) is 6.92 Å². The molecule has 0 saturated heterocycles. The number of carboxylic acid groups (broad SMARTS) is 1. The molecule has 0 saturated carbocycles. The lowest BCUT2D eigenvalue weighted by atomic mass is 10.1. The van der Waals surface area contributed by atoms with E-state index in [4.69, 9.17) is 0 Å². The first-order valence-electron chi connectivity index (χ1n) is 6.97. The average Bonchev–Trinajstić information content (AvgIpc) is 2.83. The number of carboxylic acids is 1. The van der Waals surface area contributed by atoms with Crippen LogP contribution >= 0.6 is 0 Å². The second-order valence-corrected chi connectivity index (χ2v) is 5.22. The molecule has 0 atom stereocenters. The van der Waals surface area contributed by atoms with Crippen molar-refractivity contribution in [3.63, 3.8) is 0 Å². The van der Waals surface area contributed by atoms with Gasteiger partial charge in [0, 0.05) is 17.4 Å². The lowest BCUT2D eigenvalue weighted by molar-refractivity contribution is 0.0683.